The molecule has 1 atom stereocenters. The van der Waals surface area contributed by atoms with Crippen LogP contribution in [-0.2, 0) is 0 Å². The molecule has 2 aromatic carbocycles. The van der Waals surface area contributed by atoms with Crippen molar-refractivity contribution in [2.24, 2.45) is 0 Å². The second-order valence-electron chi connectivity index (χ2n) is 6.36. The van der Waals surface area contributed by atoms with Gasteiger partial charge in [-0.25, -0.2) is 0 Å². The van der Waals surface area contributed by atoms with Crippen molar-refractivity contribution in [2.45, 2.75) is 12.1 Å². The number of aliphatic hydroxyl groups is 1. The van der Waals surface area contributed by atoms with Crippen LogP contribution in [0, 0.1) is 0 Å². The third-order valence-electron chi connectivity index (χ3n) is 4.72. The van der Waals surface area contributed by atoms with Gasteiger partial charge in [-0.1, -0.05) is 66.7 Å². The first kappa shape index (κ1) is 16.9. The predicted octanol–water partition coefficient (Wildman–Crippen LogP) is 2.94. The highest BCUT2D eigenvalue weighted by Crippen LogP contribution is 2.29. The lowest BCUT2D eigenvalue weighted by Crippen LogP contribution is -2.49. The minimum absolute atomic E-state index is 0.291. The summed E-state index contributed by atoms with van der Waals surface area (Å²) in [5.41, 5.74) is 2.67. The first-order valence-corrected chi connectivity index (χ1v) is 8.65. The first-order chi connectivity index (χ1) is 11.8. The summed E-state index contributed by atoms with van der Waals surface area (Å²) in [5, 5.41) is 9.77. The van der Waals surface area contributed by atoms with Gasteiger partial charge in [0.1, 0.15) is 0 Å². The average Bonchev–Trinajstić information content (AvgIpc) is 2.65. The van der Waals surface area contributed by atoms with Crippen molar-refractivity contribution in [3.05, 3.63) is 84.4 Å². The van der Waals surface area contributed by atoms with Crippen LogP contribution < -0.4 is 0 Å². The summed E-state index contributed by atoms with van der Waals surface area (Å²) >= 11 is 0. The standard InChI is InChI=1S/C21H26N2O/c1-2-20(24)17-22-13-15-23(16-14-22)21(18-9-5-3-6-10-18)19-11-7-4-8-12-19/h2-12,20-21,24H,1,13-17H2. The van der Waals surface area contributed by atoms with Crippen molar-refractivity contribution in [3.63, 3.8) is 0 Å². The molecule has 0 radical (unpaired) electrons. The molecule has 1 aliphatic heterocycles. The Morgan fingerprint density at radius 2 is 1.38 bits per heavy atom. The molecule has 1 fully saturated rings. The molecule has 1 unspecified atom stereocenters. The maximum atomic E-state index is 9.77. The van der Waals surface area contributed by atoms with E-state index in [9.17, 15) is 5.11 Å². The molecule has 0 bridgehead atoms. The van der Waals surface area contributed by atoms with Crippen molar-refractivity contribution in [2.75, 3.05) is 32.7 Å². The number of rotatable bonds is 6. The minimum Gasteiger partial charge on any atom is -0.388 e. The van der Waals surface area contributed by atoms with Gasteiger partial charge in [0.15, 0.2) is 0 Å². The fraction of sp³-hybridized carbons (Fsp3) is 0.333. The molecule has 0 saturated carbocycles. The molecule has 24 heavy (non-hydrogen) atoms. The molecular formula is C21H26N2O. The van der Waals surface area contributed by atoms with Gasteiger partial charge in [0.2, 0.25) is 0 Å². The summed E-state index contributed by atoms with van der Waals surface area (Å²) in [5.74, 6) is 0. The molecule has 0 amide bonds. The lowest BCUT2D eigenvalue weighted by atomic mass is 9.96. The van der Waals surface area contributed by atoms with E-state index in [1.54, 1.807) is 6.08 Å². The highest BCUT2D eigenvalue weighted by Gasteiger charge is 2.26. The van der Waals surface area contributed by atoms with Crippen LogP contribution in [0.25, 0.3) is 0 Å². The molecule has 0 aliphatic carbocycles. The van der Waals surface area contributed by atoms with Gasteiger partial charge < -0.3 is 5.11 Å². The van der Waals surface area contributed by atoms with E-state index in [1.807, 2.05) is 0 Å². The van der Waals surface area contributed by atoms with E-state index in [0.717, 1.165) is 26.2 Å². The Morgan fingerprint density at radius 3 is 1.83 bits per heavy atom. The number of benzene rings is 2. The second-order valence-corrected chi connectivity index (χ2v) is 6.36. The van der Waals surface area contributed by atoms with Crippen LogP contribution in [0.3, 0.4) is 0 Å². The molecule has 3 rings (SSSR count). The fourth-order valence-electron chi connectivity index (χ4n) is 3.43. The van der Waals surface area contributed by atoms with E-state index >= 15 is 0 Å². The Labute approximate surface area is 144 Å². The van der Waals surface area contributed by atoms with Crippen molar-refractivity contribution < 1.29 is 5.11 Å². The van der Waals surface area contributed by atoms with Crippen LogP contribution in [0.15, 0.2) is 73.3 Å². The summed E-state index contributed by atoms with van der Waals surface area (Å²) in [6, 6.07) is 21.7. The molecule has 3 nitrogen and oxygen atoms in total. The maximum absolute atomic E-state index is 9.77. The van der Waals surface area contributed by atoms with E-state index in [4.69, 9.17) is 0 Å². The molecule has 1 saturated heterocycles. The van der Waals surface area contributed by atoms with Gasteiger partial charge in [0, 0.05) is 32.7 Å². The summed E-state index contributed by atoms with van der Waals surface area (Å²) in [6.45, 7) is 8.28. The number of aliphatic hydroxyl groups excluding tert-OH is 1. The summed E-state index contributed by atoms with van der Waals surface area (Å²) in [7, 11) is 0. The molecule has 0 aromatic heterocycles. The Hall–Kier alpha value is -1.94. The van der Waals surface area contributed by atoms with Crippen LogP contribution in [0.5, 0.6) is 0 Å². The Bertz CT molecular complexity index is 581. The highest BCUT2D eigenvalue weighted by atomic mass is 16.3. The quantitative estimate of drug-likeness (QED) is 0.829. The van der Waals surface area contributed by atoms with Gasteiger partial charge >= 0.3 is 0 Å². The number of piperazine rings is 1. The van der Waals surface area contributed by atoms with Crippen LogP contribution in [0.4, 0.5) is 0 Å². The number of nitrogens with zero attached hydrogens (tertiary/aromatic N) is 2. The third kappa shape index (κ3) is 4.12. The fourth-order valence-corrected chi connectivity index (χ4v) is 3.43. The Morgan fingerprint density at radius 1 is 0.875 bits per heavy atom. The predicted molar refractivity (Wildman–Crippen MR) is 98.9 cm³/mol. The van der Waals surface area contributed by atoms with Crippen LogP contribution in [0.2, 0.25) is 0 Å². The number of hydrogen-bond donors (Lipinski definition) is 1. The molecule has 2 aromatic rings. The molecule has 1 heterocycles. The van der Waals surface area contributed by atoms with Gasteiger partial charge in [0.25, 0.3) is 0 Å². The second kappa shape index (κ2) is 8.25. The van der Waals surface area contributed by atoms with Crippen molar-refractivity contribution >= 4 is 0 Å². The normalized spacial score (nSPS) is 17.8. The molecule has 1 aliphatic rings. The zero-order valence-electron chi connectivity index (χ0n) is 14.1. The lowest BCUT2D eigenvalue weighted by Gasteiger charge is -2.40. The molecule has 3 heteroatoms. The summed E-state index contributed by atoms with van der Waals surface area (Å²) < 4.78 is 0. The molecular weight excluding hydrogens is 296 g/mol. The highest BCUT2D eigenvalue weighted by molar-refractivity contribution is 5.31. The van der Waals surface area contributed by atoms with E-state index in [0.29, 0.717) is 12.6 Å². The summed E-state index contributed by atoms with van der Waals surface area (Å²) in [4.78, 5) is 4.86. The van der Waals surface area contributed by atoms with Gasteiger partial charge in [-0.2, -0.15) is 0 Å². The van der Waals surface area contributed by atoms with Crippen LogP contribution in [0.1, 0.15) is 17.2 Å². The van der Waals surface area contributed by atoms with E-state index in [1.165, 1.54) is 11.1 Å². The van der Waals surface area contributed by atoms with Crippen LogP contribution in [-0.4, -0.2) is 53.7 Å². The van der Waals surface area contributed by atoms with E-state index < -0.39 is 6.10 Å². The average molecular weight is 322 g/mol. The van der Waals surface area contributed by atoms with Crippen molar-refractivity contribution in [3.8, 4) is 0 Å². The van der Waals surface area contributed by atoms with E-state index in [-0.39, 0.29) is 0 Å². The number of hydrogen-bond acceptors (Lipinski definition) is 3. The first-order valence-electron chi connectivity index (χ1n) is 8.65. The zero-order chi connectivity index (χ0) is 16.8. The monoisotopic (exact) mass is 322 g/mol. The van der Waals surface area contributed by atoms with Crippen molar-refractivity contribution in [1.29, 1.82) is 0 Å². The zero-order valence-corrected chi connectivity index (χ0v) is 14.1. The topological polar surface area (TPSA) is 26.7 Å². The molecule has 0 spiro atoms. The smallest absolute Gasteiger partial charge is 0.0845 e. The van der Waals surface area contributed by atoms with Gasteiger partial charge in [-0.3, -0.25) is 9.80 Å². The lowest BCUT2D eigenvalue weighted by molar-refractivity contribution is 0.0778. The van der Waals surface area contributed by atoms with Gasteiger partial charge in [-0.05, 0) is 11.1 Å². The summed E-state index contributed by atoms with van der Waals surface area (Å²) in [6.07, 6.45) is 1.18. The SMILES string of the molecule is C=CC(O)CN1CCN(C(c2ccccc2)c2ccccc2)CC1. The maximum Gasteiger partial charge on any atom is 0.0845 e. The largest absolute Gasteiger partial charge is 0.388 e. The molecule has 1 N–H and O–H groups in total. The number of β-amino-alcohol motifs (C(OH)–C–C–N with tert-alkyl or cyclic N) is 1. The Balaban J connectivity index is 1.75. The van der Waals surface area contributed by atoms with Gasteiger partial charge in [-0.15, -0.1) is 6.58 Å². The Kier molecular flexibility index (Phi) is 5.81. The molecule has 126 valence electrons. The minimum atomic E-state index is -0.435. The van der Waals surface area contributed by atoms with E-state index in [2.05, 4.69) is 77.0 Å². The third-order valence-corrected chi connectivity index (χ3v) is 4.72. The van der Waals surface area contributed by atoms with Crippen LogP contribution >= 0.6 is 0 Å². The van der Waals surface area contributed by atoms with Crippen molar-refractivity contribution in [1.82, 2.24) is 9.80 Å². The van der Waals surface area contributed by atoms with Gasteiger partial charge in [0.05, 0.1) is 12.1 Å².